The number of alkyl halides is 2. The summed E-state index contributed by atoms with van der Waals surface area (Å²) in [6.45, 7) is 2.73. The SMILES string of the molecule is CCCCS(=O)(=O)N1CC(F)(F)C[C@H]1Cn1cc(C(=O)N2CCOCC2)nn1. The molecule has 0 radical (unpaired) electrons. The van der Waals surface area contributed by atoms with Gasteiger partial charge >= 0.3 is 0 Å². The lowest BCUT2D eigenvalue weighted by Crippen LogP contribution is -2.41. The zero-order chi connectivity index (χ0) is 20.4. The van der Waals surface area contributed by atoms with E-state index in [1.165, 1.54) is 10.9 Å². The van der Waals surface area contributed by atoms with Crippen molar-refractivity contribution in [3.05, 3.63) is 11.9 Å². The maximum Gasteiger partial charge on any atom is 0.276 e. The van der Waals surface area contributed by atoms with Crippen molar-refractivity contribution in [2.75, 3.05) is 38.6 Å². The van der Waals surface area contributed by atoms with Crippen LogP contribution in [0.15, 0.2) is 6.20 Å². The first kappa shape index (κ1) is 21.1. The molecule has 2 aliphatic heterocycles. The number of unbranched alkanes of at least 4 members (excludes halogenated alkanes) is 1. The summed E-state index contributed by atoms with van der Waals surface area (Å²) in [5.74, 6) is -3.55. The van der Waals surface area contributed by atoms with Gasteiger partial charge in [-0.15, -0.1) is 5.10 Å². The zero-order valence-electron chi connectivity index (χ0n) is 15.8. The highest BCUT2D eigenvalue weighted by molar-refractivity contribution is 7.89. The third-order valence-corrected chi connectivity index (χ3v) is 6.84. The van der Waals surface area contributed by atoms with Crippen molar-refractivity contribution >= 4 is 15.9 Å². The summed E-state index contributed by atoms with van der Waals surface area (Å²) >= 11 is 0. The molecule has 28 heavy (non-hydrogen) atoms. The molecular weight excluding hydrogens is 396 g/mol. The van der Waals surface area contributed by atoms with Gasteiger partial charge in [0.2, 0.25) is 10.0 Å². The summed E-state index contributed by atoms with van der Waals surface area (Å²) in [4.78, 5) is 14.0. The second kappa shape index (κ2) is 8.37. The van der Waals surface area contributed by atoms with E-state index in [1.807, 2.05) is 6.92 Å². The Balaban J connectivity index is 1.71. The molecule has 0 aliphatic carbocycles. The number of amides is 1. The molecule has 12 heteroatoms. The fourth-order valence-corrected chi connectivity index (χ4v) is 5.29. The Bertz CT molecular complexity index is 795. The number of carbonyl (C=O) groups is 1. The number of hydrogen-bond acceptors (Lipinski definition) is 6. The van der Waals surface area contributed by atoms with Crippen molar-refractivity contribution in [1.29, 1.82) is 0 Å². The van der Waals surface area contributed by atoms with Gasteiger partial charge in [0.1, 0.15) is 0 Å². The number of morpholine rings is 1. The average Bonchev–Trinajstić information content (AvgIpc) is 3.24. The van der Waals surface area contributed by atoms with Crippen LogP contribution >= 0.6 is 0 Å². The average molecular weight is 421 g/mol. The number of carbonyl (C=O) groups excluding carboxylic acids is 1. The summed E-state index contributed by atoms with van der Waals surface area (Å²) in [6.07, 6.45) is 1.87. The molecule has 1 aromatic heterocycles. The maximum atomic E-state index is 14.0. The standard InChI is InChI=1S/C16H25F2N5O4S/c1-2-3-8-28(25,26)23-12-16(17,18)9-13(23)10-22-11-14(19-20-22)15(24)21-4-6-27-7-5-21/h11,13H,2-10,12H2,1H3/t13-/m0/s1. The number of hydrogen-bond donors (Lipinski definition) is 0. The Kier molecular flexibility index (Phi) is 6.30. The number of nitrogens with zero attached hydrogens (tertiary/aromatic N) is 5. The van der Waals surface area contributed by atoms with E-state index in [-0.39, 0.29) is 23.9 Å². The van der Waals surface area contributed by atoms with E-state index in [1.54, 1.807) is 4.90 Å². The van der Waals surface area contributed by atoms with Crippen LogP contribution in [0.3, 0.4) is 0 Å². The Morgan fingerprint density at radius 2 is 2.07 bits per heavy atom. The molecule has 2 saturated heterocycles. The van der Waals surface area contributed by atoms with Crippen molar-refractivity contribution < 1.29 is 26.7 Å². The fourth-order valence-electron chi connectivity index (χ4n) is 3.42. The normalized spacial score (nSPS) is 23.2. The highest BCUT2D eigenvalue weighted by Crippen LogP contribution is 2.35. The van der Waals surface area contributed by atoms with E-state index >= 15 is 0 Å². The minimum Gasteiger partial charge on any atom is -0.378 e. The van der Waals surface area contributed by atoms with Crippen LogP contribution in [0.25, 0.3) is 0 Å². The number of rotatable bonds is 7. The van der Waals surface area contributed by atoms with Crippen LogP contribution in [0, 0.1) is 0 Å². The Morgan fingerprint density at radius 3 is 2.75 bits per heavy atom. The molecule has 1 aromatic rings. The lowest BCUT2D eigenvalue weighted by Gasteiger charge is -2.25. The molecule has 0 N–H and O–H groups in total. The van der Waals surface area contributed by atoms with Crippen LogP contribution in [-0.4, -0.2) is 89.1 Å². The van der Waals surface area contributed by atoms with Crippen molar-refractivity contribution in [2.45, 2.75) is 44.7 Å². The first-order valence-electron chi connectivity index (χ1n) is 9.36. The second-order valence-corrected chi connectivity index (χ2v) is 9.20. The van der Waals surface area contributed by atoms with Gasteiger partial charge in [-0.05, 0) is 6.42 Å². The van der Waals surface area contributed by atoms with Gasteiger partial charge in [0.15, 0.2) is 5.69 Å². The zero-order valence-corrected chi connectivity index (χ0v) is 16.6. The monoisotopic (exact) mass is 421 g/mol. The predicted molar refractivity (Wildman–Crippen MR) is 95.5 cm³/mol. The van der Waals surface area contributed by atoms with Gasteiger partial charge in [-0.1, -0.05) is 18.6 Å². The van der Waals surface area contributed by atoms with Crippen LogP contribution in [0.2, 0.25) is 0 Å². The van der Waals surface area contributed by atoms with E-state index in [0.29, 0.717) is 39.1 Å². The summed E-state index contributed by atoms with van der Waals surface area (Å²) < 4.78 is 60.2. The highest BCUT2D eigenvalue weighted by Gasteiger charge is 2.49. The maximum absolute atomic E-state index is 14.0. The summed E-state index contributed by atoms with van der Waals surface area (Å²) in [7, 11) is -3.79. The van der Waals surface area contributed by atoms with E-state index < -0.39 is 35.0 Å². The van der Waals surface area contributed by atoms with Crippen molar-refractivity contribution in [2.24, 2.45) is 0 Å². The minimum absolute atomic E-state index is 0.0790. The Labute approximate surface area is 162 Å². The number of aromatic nitrogens is 3. The molecule has 158 valence electrons. The molecule has 1 atom stereocenters. The molecule has 1 amide bonds. The molecule has 0 aromatic carbocycles. The van der Waals surface area contributed by atoms with Gasteiger partial charge in [-0.2, -0.15) is 4.31 Å². The molecule has 9 nitrogen and oxygen atoms in total. The first-order chi connectivity index (χ1) is 13.2. The number of sulfonamides is 1. The molecule has 0 saturated carbocycles. The lowest BCUT2D eigenvalue weighted by atomic mass is 10.2. The Morgan fingerprint density at radius 1 is 1.36 bits per heavy atom. The van der Waals surface area contributed by atoms with Crippen LogP contribution in [0.4, 0.5) is 8.78 Å². The Hall–Kier alpha value is -1.66. The second-order valence-electron chi connectivity index (χ2n) is 7.16. The van der Waals surface area contributed by atoms with E-state index in [4.69, 9.17) is 4.74 Å². The van der Waals surface area contributed by atoms with Crippen LogP contribution in [-0.2, 0) is 21.3 Å². The van der Waals surface area contributed by atoms with E-state index in [2.05, 4.69) is 10.3 Å². The molecule has 0 unspecified atom stereocenters. The molecular formula is C16H25F2N5O4S. The van der Waals surface area contributed by atoms with Gasteiger partial charge in [0, 0.05) is 19.5 Å². The lowest BCUT2D eigenvalue weighted by molar-refractivity contribution is 0.0168. The summed E-state index contributed by atoms with van der Waals surface area (Å²) in [6, 6.07) is -0.926. The van der Waals surface area contributed by atoms with Crippen molar-refractivity contribution in [3.63, 3.8) is 0 Å². The molecule has 0 bridgehead atoms. The quantitative estimate of drug-likeness (QED) is 0.639. The van der Waals surface area contributed by atoms with Crippen LogP contribution in [0.1, 0.15) is 36.7 Å². The number of ether oxygens (including phenoxy) is 1. The molecule has 3 heterocycles. The van der Waals surface area contributed by atoms with Gasteiger partial charge in [-0.3, -0.25) is 9.48 Å². The summed E-state index contributed by atoms with van der Waals surface area (Å²) in [5, 5.41) is 7.68. The van der Waals surface area contributed by atoms with Crippen LogP contribution in [0.5, 0.6) is 0 Å². The first-order valence-corrected chi connectivity index (χ1v) is 11.0. The van der Waals surface area contributed by atoms with Gasteiger partial charge < -0.3 is 9.64 Å². The highest BCUT2D eigenvalue weighted by atomic mass is 32.2. The predicted octanol–water partition coefficient (Wildman–Crippen LogP) is 0.590. The van der Waals surface area contributed by atoms with Crippen LogP contribution < -0.4 is 0 Å². The third kappa shape index (κ3) is 4.84. The smallest absolute Gasteiger partial charge is 0.276 e. The minimum atomic E-state index is -3.79. The van der Waals surface area contributed by atoms with E-state index in [0.717, 1.165) is 4.31 Å². The number of halogens is 2. The largest absolute Gasteiger partial charge is 0.378 e. The fraction of sp³-hybridized carbons (Fsp3) is 0.812. The van der Waals surface area contributed by atoms with Crippen molar-refractivity contribution in [1.82, 2.24) is 24.2 Å². The molecule has 2 fully saturated rings. The van der Waals surface area contributed by atoms with Gasteiger partial charge in [0.05, 0.1) is 44.3 Å². The molecule has 0 spiro atoms. The van der Waals surface area contributed by atoms with Crippen molar-refractivity contribution in [3.8, 4) is 0 Å². The van der Waals surface area contributed by atoms with E-state index in [9.17, 15) is 22.0 Å². The third-order valence-electron chi connectivity index (χ3n) is 4.90. The van der Waals surface area contributed by atoms with Gasteiger partial charge in [0.25, 0.3) is 11.8 Å². The topological polar surface area (TPSA) is 97.6 Å². The molecule has 2 aliphatic rings. The summed E-state index contributed by atoms with van der Waals surface area (Å²) in [5.41, 5.74) is 0.104. The van der Waals surface area contributed by atoms with Gasteiger partial charge in [-0.25, -0.2) is 17.2 Å². The molecule has 3 rings (SSSR count).